The quantitative estimate of drug-likeness (QED) is 0.711. The van der Waals surface area contributed by atoms with E-state index in [1.807, 2.05) is 12.1 Å². The van der Waals surface area contributed by atoms with Crippen LogP contribution in [0.15, 0.2) is 84.9 Å². The number of aliphatic hydroxyl groups is 1. The summed E-state index contributed by atoms with van der Waals surface area (Å²) in [4.78, 5) is 12.2. The van der Waals surface area contributed by atoms with Gasteiger partial charge in [0.05, 0.1) is 7.11 Å². The molecule has 0 bridgehead atoms. The van der Waals surface area contributed by atoms with Crippen LogP contribution >= 0.6 is 0 Å². The van der Waals surface area contributed by atoms with Gasteiger partial charge in [-0.2, -0.15) is 0 Å². The lowest BCUT2D eigenvalue weighted by molar-refractivity contribution is -0.144. The Kier molecular flexibility index (Phi) is 5.05. The van der Waals surface area contributed by atoms with Gasteiger partial charge in [-0.15, -0.1) is 0 Å². The summed E-state index contributed by atoms with van der Waals surface area (Å²) in [6.07, 6.45) is 0. The Morgan fingerprint density at radius 2 is 1.35 bits per heavy atom. The minimum atomic E-state index is -1.74. The molecular formula is C22H20O4. The van der Waals surface area contributed by atoms with Gasteiger partial charge in [0.15, 0.2) is 0 Å². The summed E-state index contributed by atoms with van der Waals surface area (Å²) in [5.74, 6) is -1.63. The Morgan fingerprint density at radius 1 is 0.846 bits per heavy atom. The van der Waals surface area contributed by atoms with Crippen molar-refractivity contribution in [1.82, 2.24) is 0 Å². The fourth-order valence-corrected chi connectivity index (χ4v) is 3.25. The summed E-state index contributed by atoms with van der Waals surface area (Å²) in [7, 11) is 1.56. The zero-order valence-electron chi connectivity index (χ0n) is 14.4. The van der Waals surface area contributed by atoms with E-state index in [2.05, 4.69) is 0 Å². The second-order valence-corrected chi connectivity index (χ2v) is 6.04. The van der Waals surface area contributed by atoms with Gasteiger partial charge in [-0.3, -0.25) is 4.79 Å². The van der Waals surface area contributed by atoms with Crippen molar-refractivity contribution in [3.05, 3.63) is 102 Å². The summed E-state index contributed by atoms with van der Waals surface area (Å²) in [6, 6.07) is 24.5. The highest BCUT2D eigenvalue weighted by molar-refractivity contribution is 5.79. The number of aliphatic carboxylic acids is 1. The first-order chi connectivity index (χ1) is 12.6. The van der Waals surface area contributed by atoms with E-state index in [-0.39, 0.29) is 0 Å². The third kappa shape index (κ3) is 3.19. The number of methoxy groups -OCH3 is 1. The van der Waals surface area contributed by atoms with Crippen LogP contribution in [0.4, 0.5) is 0 Å². The molecule has 0 amide bonds. The van der Waals surface area contributed by atoms with Crippen LogP contribution in [0.2, 0.25) is 0 Å². The molecule has 26 heavy (non-hydrogen) atoms. The average Bonchev–Trinajstić information content (AvgIpc) is 2.69. The van der Waals surface area contributed by atoms with Crippen molar-refractivity contribution < 1.29 is 19.7 Å². The molecule has 0 fully saturated rings. The van der Waals surface area contributed by atoms with Crippen LogP contribution in [0.3, 0.4) is 0 Å². The molecule has 132 valence electrons. The first kappa shape index (κ1) is 17.7. The summed E-state index contributed by atoms with van der Waals surface area (Å²) in [5.41, 5.74) is -0.204. The van der Waals surface area contributed by atoms with Gasteiger partial charge in [0.25, 0.3) is 0 Å². The van der Waals surface area contributed by atoms with Crippen molar-refractivity contribution in [3.63, 3.8) is 0 Å². The highest BCUT2D eigenvalue weighted by atomic mass is 16.5. The van der Waals surface area contributed by atoms with Crippen molar-refractivity contribution in [1.29, 1.82) is 0 Å². The third-order valence-corrected chi connectivity index (χ3v) is 4.54. The zero-order valence-corrected chi connectivity index (χ0v) is 14.4. The van der Waals surface area contributed by atoms with Gasteiger partial charge >= 0.3 is 5.97 Å². The molecule has 3 rings (SSSR count). The first-order valence-corrected chi connectivity index (χ1v) is 8.27. The molecule has 0 saturated carbocycles. The lowest BCUT2D eigenvalue weighted by Gasteiger charge is -2.35. The van der Waals surface area contributed by atoms with Gasteiger partial charge < -0.3 is 14.9 Å². The lowest BCUT2D eigenvalue weighted by Crippen LogP contribution is -2.39. The molecule has 0 aliphatic rings. The van der Waals surface area contributed by atoms with E-state index in [1.165, 1.54) is 0 Å². The molecule has 3 aromatic rings. The number of benzene rings is 3. The Bertz CT molecular complexity index is 860. The fourth-order valence-electron chi connectivity index (χ4n) is 3.25. The summed E-state index contributed by atoms with van der Waals surface area (Å²) in [6.45, 7) is 0. The van der Waals surface area contributed by atoms with Gasteiger partial charge in [0, 0.05) is 0 Å². The molecule has 0 aliphatic heterocycles. The van der Waals surface area contributed by atoms with E-state index >= 15 is 0 Å². The molecule has 3 aromatic carbocycles. The lowest BCUT2D eigenvalue weighted by atomic mass is 9.73. The predicted octanol–water partition coefficient (Wildman–Crippen LogP) is 3.80. The molecule has 2 atom stereocenters. The third-order valence-electron chi connectivity index (χ3n) is 4.54. The van der Waals surface area contributed by atoms with Crippen molar-refractivity contribution in [2.75, 3.05) is 7.11 Å². The highest BCUT2D eigenvalue weighted by Gasteiger charge is 2.45. The van der Waals surface area contributed by atoms with Crippen LogP contribution in [0.1, 0.15) is 22.6 Å². The molecule has 0 heterocycles. The Balaban J connectivity index is 2.24. The molecule has 0 unspecified atom stereocenters. The van der Waals surface area contributed by atoms with E-state index in [0.29, 0.717) is 22.4 Å². The number of ether oxygens (including phenoxy) is 1. The van der Waals surface area contributed by atoms with Gasteiger partial charge in [-0.05, 0) is 28.8 Å². The summed E-state index contributed by atoms with van der Waals surface area (Å²) in [5, 5.41) is 21.8. The number of carboxylic acids is 1. The standard InChI is InChI=1S/C22H20O4/c1-26-19-14-12-18(13-15-19)22(25,17-10-6-3-7-11-17)20(21(23)24)16-8-4-2-5-9-16/h2-15,20,25H,1H3,(H,23,24)/t20-,22-/m1/s1. The van der Waals surface area contributed by atoms with Crippen LogP contribution in [-0.2, 0) is 10.4 Å². The topological polar surface area (TPSA) is 66.8 Å². The molecule has 2 N–H and O–H groups in total. The molecule has 4 nitrogen and oxygen atoms in total. The molecule has 0 aliphatic carbocycles. The number of hydrogen-bond donors (Lipinski definition) is 2. The van der Waals surface area contributed by atoms with Crippen LogP contribution in [0.25, 0.3) is 0 Å². The molecule has 0 spiro atoms. The maximum Gasteiger partial charge on any atom is 0.314 e. The molecular weight excluding hydrogens is 328 g/mol. The number of hydrogen-bond acceptors (Lipinski definition) is 3. The van der Waals surface area contributed by atoms with E-state index in [0.717, 1.165) is 0 Å². The van der Waals surface area contributed by atoms with E-state index in [4.69, 9.17) is 4.74 Å². The van der Waals surface area contributed by atoms with Crippen molar-refractivity contribution >= 4 is 5.97 Å². The molecule has 4 heteroatoms. The van der Waals surface area contributed by atoms with Gasteiger partial charge in [-0.1, -0.05) is 72.8 Å². The van der Waals surface area contributed by atoms with Gasteiger partial charge in [0.2, 0.25) is 0 Å². The average molecular weight is 348 g/mol. The van der Waals surface area contributed by atoms with Crippen LogP contribution < -0.4 is 4.74 Å². The van der Waals surface area contributed by atoms with Crippen LogP contribution in [0.5, 0.6) is 5.75 Å². The number of rotatable bonds is 6. The largest absolute Gasteiger partial charge is 0.497 e. The van der Waals surface area contributed by atoms with Crippen molar-refractivity contribution in [3.8, 4) is 5.75 Å². The van der Waals surface area contributed by atoms with Gasteiger partial charge in [0.1, 0.15) is 17.3 Å². The maximum atomic E-state index is 12.2. The van der Waals surface area contributed by atoms with E-state index in [1.54, 1.807) is 79.9 Å². The minimum Gasteiger partial charge on any atom is -0.497 e. The maximum absolute atomic E-state index is 12.2. The SMILES string of the molecule is COc1ccc([C@](O)(c2ccccc2)[C@@H](C(=O)O)c2ccccc2)cc1. The van der Waals surface area contributed by atoms with Crippen molar-refractivity contribution in [2.45, 2.75) is 11.5 Å². The summed E-state index contributed by atoms with van der Waals surface area (Å²) < 4.78 is 5.18. The molecule has 0 radical (unpaired) electrons. The van der Waals surface area contributed by atoms with Gasteiger partial charge in [-0.25, -0.2) is 0 Å². The Hall–Kier alpha value is -3.11. The van der Waals surface area contributed by atoms with E-state index < -0.39 is 17.5 Å². The van der Waals surface area contributed by atoms with Crippen molar-refractivity contribution in [2.24, 2.45) is 0 Å². The van der Waals surface area contributed by atoms with Crippen LogP contribution in [-0.4, -0.2) is 23.3 Å². The Labute approximate surface area is 152 Å². The monoisotopic (exact) mass is 348 g/mol. The fraction of sp³-hybridized carbons (Fsp3) is 0.136. The second kappa shape index (κ2) is 7.42. The normalized spacial score (nSPS) is 14.2. The minimum absolute atomic E-state index is 0.487. The molecule has 0 aromatic heterocycles. The van der Waals surface area contributed by atoms with Crippen LogP contribution in [0, 0.1) is 0 Å². The number of carbonyl (C=O) groups is 1. The Morgan fingerprint density at radius 3 is 1.85 bits per heavy atom. The smallest absolute Gasteiger partial charge is 0.314 e. The second-order valence-electron chi connectivity index (χ2n) is 6.04. The summed E-state index contributed by atoms with van der Waals surface area (Å²) >= 11 is 0. The first-order valence-electron chi connectivity index (χ1n) is 8.27. The highest BCUT2D eigenvalue weighted by Crippen LogP contribution is 2.43. The van der Waals surface area contributed by atoms with E-state index in [9.17, 15) is 15.0 Å². The predicted molar refractivity (Wildman–Crippen MR) is 99.3 cm³/mol. The molecule has 0 saturated heterocycles. The number of carboxylic acid groups (broad SMARTS) is 1. The zero-order chi connectivity index (χ0) is 18.6.